The van der Waals surface area contributed by atoms with E-state index < -0.39 is 6.04 Å². The Labute approximate surface area is 166 Å². The Bertz CT molecular complexity index is 1060. The van der Waals surface area contributed by atoms with Crippen LogP contribution in [-0.2, 0) is 11.3 Å². The number of nitrogens with one attached hydrogen (secondary N) is 1. The molecule has 1 atom stereocenters. The quantitative estimate of drug-likeness (QED) is 0.526. The molecule has 4 rings (SSSR count). The number of likely N-dealkylation sites (N-methyl/N-ethyl adjacent to an activating group) is 1. The summed E-state index contributed by atoms with van der Waals surface area (Å²) < 4.78 is 6.20. The summed E-state index contributed by atoms with van der Waals surface area (Å²) in [6, 6.07) is 19.0. The van der Waals surface area contributed by atoms with Gasteiger partial charge in [0.1, 0.15) is 16.8 Å². The van der Waals surface area contributed by atoms with Crippen LogP contribution in [0.2, 0.25) is 0 Å². The molecule has 0 bridgehead atoms. The highest BCUT2D eigenvalue weighted by Crippen LogP contribution is 2.27. The number of carbonyl (C=O) groups excluding carboxylic acids is 1. The van der Waals surface area contributed by atoms with Crippen LogP contribution < -0.4 is 5.32 Å². The van der Waals surface area contributed by atoms with E-state index in [1.54, 1.807) is 24.3 Å². The molecule has 6 nitrogen and oxygen atoms in total. The first-order valence-corrected chi connectivity index (χ1v) is 9.75. The molecule has 0 aliphatic heterocycles. The second kappa shape index (κ2) is 7.92. The second-order valence-corrected chi connectivity index (χ2v) is 7.73. The van der Waals surface area contributed by atoms with E-state index in [9.17, 15) is 4.79 Å². The topological polar surface area (TPSA) is 71.3 Å². The van der Waals surface area contributed by atoms with Crippen molar-refractivity contribution in [1.82, 2.24) is 15.0 Å². The maximum atomic E-state index is 13.1. The van der Waals surface area contributed by atoms with E-state index in [1.807, 2.05) is 60.5 Å². The number of thiazole rings is 1. The van der Waals surface area contributed by atoms with E-state index in [0.29, 0.717) is 18.1 Å². The van der Waals surface area contributed by atoms with Gasteiger partial charge in [0.2, 0.25) is 5.91 Å². The summed E-state index contributed by atoms with van der Waals surface area (Å²) >= 11 is 1.65. The maximum absolute atomic E-state index is 13.1. The first-order chi connectivity index (χ1) is 13.6. The third kappa shape index (κ3) is 3.95. The minimum absolute atomic E-state index is 0.164. The van der Waals surface area contributed by atoms with E-state index in [1.165, 1.54) is 0 Å². The molecular weight excluding hydrogens is 372 g/mol. The standard InChI is InChI=1S/C21H20N4O2S/c1-14-12-18(24-27-14)23-21(26)20(15-8-4-3-5-9-15)25(2)13-19-22-16-10-6-7-11-17(16)28-19/h3-12,20H,13H2,1-2H3,(H,23,24,26). The zero-order valence-electron chi connectivity index (χ0n) is 15.6. The first-order valence-electron chi connectivity index (χ1n) is 8.94. The number of hydrogen-bond acceptors (Lipinski definition) is 6. The van der Waals surface area contributed by atoms with Gasteiger partial charge in [-0.05, 0) is 31.7 Å². The smallest absolute Gasteiger partial charge is 0.247 e. The Hall–Kier alpha value is -3.03. The summed E-state index contributed by atoms with van der Waals surface area (Å²) in [6.07, 6.45) is 0. The molecule has 0 fully saturated rings. The van der Waals surface area contributed by atoms with E-state index in [0.717, 1.165) is 20.8 Å². The monoisotopic (exact) mass is 392 g/mol. The van der Waals surface area contributed by atoms with Crippen molar-refractivity contribution in [3.8, 4) is 0 Å². The summed E-state index contributed by atoms with van der Waals surface area (Å²) in [4.78, 5) is 19.8. The van der Waals surface area contributed by atoms with Gasteiger partial charge in [0.25, 0.3) is 0 Å². The minimum Gasteiger partial charge on any atom is -0.360 e. The van der Waals surface area contributed by atoms with Crippen LogP contribution >= 0.6 is 11.3 Å². The molecule has 1 N–H and O–H groups in total. The largest absolute Gasteiger partial charge is 0.360 e. The number of benzene rings is 2. The number of amides is 1. The molecular formula is C21H20N4O2S. The highest BCUT2D eigenvalue weighted by atomic mass is 32.1. The van der Waals surface area contributed by atoms with Gasteiger partial charge in [0.15, 0.2) is 5.82 Å². The number of hydrogen-bond donors (Lipinski definition) is 1. The van der Waals surface area contributed by atoms with Crippen molar-refractivity contribution in [2.75, 3.05) is 12.4 Å². The lowest BCUT2D eigenvalue weighted by Crippen LogP contribution is -2.34. The van der Waals surface area contributed by atoms with E-state index in [-0.39, 0.29) is 5.91 Å². The van der Waals surface area contributed by atoms with Crippen LogP contribution in [-0.4, -0.2) is 28.0 Å². The average molecular weight is 392 g/mol. The Morgan fingerprint density at radius 1 is 1.18 bits per heavy atom. The molecule has 0 aliphatic rings. The fourth-order valence-electron chi connectivity index (χ4n) is 3.15. The SMILES string of the molecule is Cc1cc(NC(=O)C(c2ccccc2)N(C)Cc2nc3ccccc3s2)no1. The molecule has 0 saturated carbocycles. The number of aryl methyl sites for hydroxylation is 1. The number of fused-ring (bicyclic) bond motifs is 1. The van der Waals surface area contributed by atoms with Crippen LogP contribution in [0.25, 0.3) is 10.2 Å². The number of para-hydroxylation sites is 1. The normalized spacial score (nSPS) is 12.4. The predicted octanol–water partition coefficient (Wildman–Crippen LogP) is 4.40. The third-order valence-electron chi connectivity index (χ3n) is 4.41. The Morgan fingerprint density at radius 3 is 2.64 bits per heavy atom. The van der Waals surface area contributed by atoms with Gasteiger partial charge in [-0.3, -0.25) is 9.69 Å². The fraction of sp³-hybridized carbons (Fsp3) is 0.190. The lowest BCUT2D eigenvalue weighted by molar-refractivity contribution is -0.121. The van der Waals surface area contributed by atoms with Crippen LogP contribution in [0.5, 0.6) is 0 Å². The summed E-state index contributed by atoms with van der Waals surface area (Å²) in [6.45, 7) is 2.35. The van der Waals surface area contributed by atoms with Gasteiger partial charge in [0, 0.05) is 6.07 Å². The fourth-order valence-corrected chi connectivity index (χ4v) is 4.18. The van der Waals surface area contributed by atoms with E-state index >= 15 is 0 Å². The van der Waals surface area contributed by atoms with Gasteiger partial charge in [-0.25, -0.2) is 4.98 Å². The van der Waals surface area contributed by atoms with Gasteiger partial charge in [-0.1, -0.05) is 47.6 Å². The number of rotatable bonds is 6. The molecule has 7 heteroatoms. The second-order valence-electron chi connectivity index (χ2n) is 6.62. The van der Waals surface area contributed by atoms with Crippen molar-refractivity contribution in [2.24, 2.45) is 0 Å². The van der Waals surface area contributed by atoms with E-state index in [2.05, 4.69) is 16.5 Å². The maximum Gasteiger partial charge on any atom is 0.247 e. The summed E-state index contributed by atoms with van der Waals surface area (Å²) in [5, 5.41) is 7.69. The van der Waals surface area contributed by atoms with E-state index in [4.69, 9.17) is 9.51 Å². The number of aromatic nitrogens is 2. The lowest BCUT2D eigenvalue weighted by Gasteiger charge is -2.26. The van der Waals surface area contributed by atoms with Crippen molar-refractivity contribution in [3.63, 3.8) is 0 Å². The molecule has 4 aromatic rings. The summed E-state index contributed by atoms with van der Waals surface area (Å²) in [5.74, 6) is 0.898. The van der Waals surface area contributed by atoms with Crippen LogP contribution in [0.3, 0.4) is 0 Å². The third-order valence-corrected chi connectivity index (χ3v) is 5.43. The molecule has 0 radical (unpaired) electrons. The predicted molar refractivity (Wildman–Crippen MR) is 110 cm³/mol. The molecule has 2 aromatic carbocycles. The number of carbonyl (C=O) groups is 1. The number of anilines is 1. The Kier molecular flexibility index (Phi) is 5.18. The van der Waals surface area contributed by atoms with Gasteiger partial charge >= 0.3 is 0 Å². The van der Waals surface area contributed by atoms with Crippen molar-refractivity contribution in [1.29, 1.82) is 0 Å². The summed E-state index contributed by atoms with van der Waals surface area (Å²) in [7, 11) is 1.93. The molecule has 0 aliphatic carbocycles. The zero-order valence-corrected chi connectivity index (χ0v) is 16.4. The van der Waals surface area contributed by atoms with Crippen molar-refractivity contribution >= 4 is 33.3 Å². The first kappa shape index (κ1) is 18.3. The molecule has 0 spiro atoms. The van der Waals surface area contributed by atoms with Crippen molar-refractivity contribution < 1.29 is 9.32 Å². The van der Waals surface area contributed by atoms with Crippen LogP contribution in [0.1, 0.15) is 22.4 Å². The highest BCUT2D eigenvalue weighted by Gasteiger charge is 2.26. The molecule has 2 heterocycles. The van der Waals surface area contributed by atoms with Gasteiger partial charge in [-0.2, -0.15) is 0 Å². The van der Waals surface area contributed by atoms with Gasteiger partial charge in [-0.15, -0.1) is 11.3 Å². The van der Waals surface area contributed by atoms with Crippen LogP contribution in [0, 0.1) is 6.92 Å². The number of nitrogens with zero attached hydrogens (tertiary/aromatic N) is 3. The van der Waals surface area contributed by atoms with Crippen LogP contribution in [0.15, 0.2) is 65.2 Å². The van der Waals surface area contributed by atoms with Crippen LogP contribution in [0.4, 0.5) is 5.82 Å². The zero-order chi connectivity index (χ0) is 19.5. The summed E-state index contributed by atoms with van der Waals surface area (Å²) in [5.41, 5.74) is 1.89. The Morgan fingerprint density at radius 2 is 1.93 bits per heavy atom. The average Bonchev–Trinajstić information content (AvgIpc) is 3.27. The van der Waals surface area contributed by atoms with Crippen molar-refractivity contribution in [2.45, 2.75) is 19.5 Å². The molecule has 1 amide bonds. The highest BCUT2D eigenvalue weighted by molar-refractivity contribution is 7.18. The Balaban J connectivity index is 1.59. The molecule has 2 aromatic heterocycles. The van der Waals surface area contributed by atoms with Gasteiger partial charge in [0.05, 0.1) is 16.8 Å². The van der Waals surface area contributed by atoms with Crippen molar-refractivity contribution in [3.05, 3.63) is 77.0 Å². The van der Waals surface area contributed by atoms with Gasteiger partial charge < -0.3 is 9.84 Å². The molecule has 0 saturated heterocycles. The molecule has 1 unspecified atom stereocenters. The minimum atomic E-state index is -0.481. The lowest BCUT2D eigenvalue weighted by atomic mass is 10.0. The molecule has 142 valence electrons. The molecule has 28 heavy (non-hydrogen) atoms.